The van der Waals surface area contributed by atoms with Crippen LogP contribution in [0.4, 0.5) is 0 Å². The van der Waals surface area contributed by atoms with Crippen LogP contribution < -0.4 is 24.8 Å². The highest BCUT2D eigenvalue weighted by atomic mass is 35.5. The number of hydrogen-bond acceptors (Lipinski definition) is 9. The van der Waals surface area contributed by atoms with E-state index in [1.807, 2.05) is 50.2 Å². The van der Waals surface area contributed by atoms with Crippen LogP contribution in [0.5, 0.6) is 17.2 Å². The zero-order valence-electron chi connectivity index (χ0n) is 27.3. The maximum absolute atomic E-state index is 9.48. The first-order valence-electron chi connectivity index (χ1n) is 15.9. The minimum atomic E-state index is -0.125. The Morgan fingerprint density at radius 2 is 1.65 bits per heavy atom. The number of ether oxygens (including phenoxy) is 3. The van der Waals surface area contributed by atoms with Crippen LogP contribution in [0.15, 0.2) is 67.0 Å². The molecule has 0 saturated carbocycles. The van der Waals surface area contributed by atoms with Gasteiger partial charge in [0.1, 0.15) is 36.5 Å². The Morgan fingerprint density at radius 3 is 2.44 bits per heavy atom. The van der Waals surface area contributed by atoms with Crippen LogP contribution in [-0.4, -0.2) is 54.1 Å². The van der Waals surface area contributed by atoms with Gasteiger partial charge >= 0.3 is 0 Å². The smallest absolute Gasteiger partial charge is 0.142 e. The van der Waals surface area contributed by atoms with Crippen LogP contribution in [0.25, 0.3) is 11.1 Å². The van der Waals surface area contributed by atoms with Crippen molar-refractivity contribution in [3.05, 3.63) is 105 Å². The largest absolute Gasteiger partial charge is 0.493 e. The molecule has 48 heavy (non-hydrogen) atoms. The number of hydrogen-bond donors (Lipinski definition) is 4. The summed E-state index contributed by atoms with van der Waals surface area (Å²) in [5.41, 5.74) is 5.59. The van der Waals surface area contributed by atoms with Gasteiger partial charge in [0.05, 0.1) is 28.8 Å². The Hall–Kier alpha value is -3.88. The van der Waals surface area contributed by atoms with Crippen LogP contribution >= 0.6 is 23.2 Å². The van der Waals surface area contributed by atoms with Gasteiger partial charge in [0.2, 0.25) is 0 Å². The Bertz CT molecular complexity index is 1680. The van der Waals surface area contributed by atoms with Gasteiger partial charge < -0.3 is 35.1 Å². The third-order valence-corrected chi connectivity index (χ3v) is 8.39. The molecule has 0 aliphatic rings. The Kier molecular flexibility index (Phi) is 14.8. The quantitative estimate of drug-likeness (QED) is 0.0803. The van der Waals surface area contributed by atoms with Crippen molar-refractivity contribution in [2.75, 3.05) is 32.9 Å². The first kappa shape index (κ1) is 36.9. The highest BCUT2D eigenvalue weighted by Gasteiger charge is 2.16. The van der Waals surface area contributed by atoms with Gasteiger partial charge in [-0.3, -0.25) is 4.98 Å². The molecule has 1 unspecified atom stereocenters. The minimum absolute atomic E-state index is 0.0150. The zero-order chi connectivity index (χ0) is 34.3. The third kappa shape index (κ3) is 10.6. The SMILES string of the molecule is Cc1c(OCCCNCCCO)cccc1-c1cccc(COc2cc(OCc3cncc(C#N)c3)c(CNC(C)CO)cc2Cl)c1Cl. The fourth-order valence-electron chi connectivity index (χ4n) is 4.92. The van der Waals surface area contributed by atoms with E-state index < -0.39 is 0 Å². The molecule has 1 heterocycles. The molecule has 11 heteroatoms. The molecule has 0 fully saturated rings. The van der Waals surface area contributed by atoms with E-state index in [9.17, 15) is 10.4 Å². The number of nitrogens with one attached hydrogen (secondary N) is 2. The van der Waals surface area contributed by atoms with Gasteiger partial charge in [0, 0.05) is 59.9 Å². The lowest BCUT2D eigenvalue weighted by atomic mass is 9.98. The molecule has 4 rings (SSSR count). The monoisotopic (exact) mass is 692 g/mol. The molecule has 3 aromatic carbocycles. The van der Waals surface area contributed by atoms with Gasteiger partial charge in [-0.15, -0.1) is 0 Å². The Labute approximate surface area is 292 Å². The van der Waals surface area contributed by atoms with E-state index in [1.54, 1.807) is 24.4 Å². The lowest BCUT2D eigenvalue weighted by Gasteiger charge is -2.18. The molecule has 0 saturated heterocycles. The third-order valence-electron chi connectivity index (χ3n) is 7.65. The van der Waals surface area contributed by atoms with Crippen molar-refractivity contribution in [2.45, 2.75) is 52.5 Å². The van der Waals surface area contributed by atoms with E-state index in [0.717, 1.165) is 65.1 Å². The predicted molar refractivity (Wildman–Crippen MR) is 189 cm³/mol. The highest BCUT2D eigenvalue weighted by molar-refractivity contribution is 6.34. The molecule has 1 aromatic heterocycles. The van der Waals surface area contributed by atoms with Crippen LogP contribution in [0.2, 0.25) is 10.0 Å². The average Bonchev–Trinajstić information content (AvgIpc) is 3.10. The molecular formula is C37H42Cl2N4O5. The minimum Gasteiger partial charge on any atom is -0.493 e. The van der Waals surface area contributed by atoms with Gasteiger partial charge in [-0.05, 0) is 69.1 Å². The molecule has 0 spiro atoms. The van der Waals surface area contributed by atoms with Crippen molar-refractivity contribution in [1.82, 2.24) is 15.6 Å². The van der Waals surface area contributed by atoms with Gasteiger partial charge in [0.15, 0.2) is 0 Å². The fraction of sp³-hybridized carbons (Fsp3) is 0.351. The van der Waals surface area contributed by atoms with Crippen molar-refractivity contribution < 1.29 is 24.4 Å². The normalized spacial score (nSPS) is 11.6. The van der Waals surface area contributed by atoms with Crippen LogP contribution in [0.1, 0.15) is 47.6 Å². The van der Waals surface area contributed by atoms with Gasteiger partial charge in [-0.25, -0.2) is 0 Å². The second-order valence-electron chi connectivity index (χ2n) is 11.4. The number of aliphatic hydroxyl groups is 2. The molecule has 0 bridgehead atoms. The summed E-state index contributed by atoms with van der Waals surface area (Å²) in [4.78, 5) is 4.11. The van der Waals surface area contributed by atoms with E-state index in [4.69, 9.17) is 42.5 Å². The number of aliphatic hydroxyl groups excluding tert-OH is 2. The molecule has 0 aliphatic heterocycles. The topological polar surface area (TPSA) is 129 Å². The first-order chi connectivity index (χ1) is 23.3. The van der Waals surface area contributed by atoms with Crippen molar-refractivity contribution >= 4 is 23.2 Å². The summed E-state index contributed by atoms with van der Waals surface area (Å²) in [6.07, 6.45) is 4.74. The first-order valence-corrected chi connectivity index (χ1v) is 16.7. The van der Waals surface area contributed by atoms with Crippen molar-refractivity contribution in [3.8, 4) is 34.4 Å². The lowest BCUT2D eigenvalue weighted by Crippen LogP contribution is -2.28. The predicted octanol–water partition coefficient (Wildman–Crippen LogP) is 6.60. The summed E-state index contributed by atoms with van der Waals surface area (Å²) >= 11 is 13.7. The van der Waals surface area contributed by atoms with E-state index in [-0.39, 0.29) is 32.5 Å². The highest BCUT2D eigenvalue weighted by Crippen LogP contribution is 2.38. The summed E-state index contributed by atoms with van der Waals surface area (Å²) in [5, 5.41) is 35.1. The maximum Gasteiger partial charge on any atom is 0.142 e. The molecule has 4 aromatic rings. The van der Waals surface area contributed by atoms with Crippen LogP contribution in [0.3, 0.4) is 0 Å². The number of benzene rings is 3. The van der Waals surface area contributed by atoms with Gasteiger partial charge in [-0.2, -0.15) is 5.26 Å². The maximum atomic E-state index is 9.48. The number of aromatic nitrogens is 1. The molecule has 0 amide bonds. The Balaban J connectivity index is 1.49. The zero-order valence-corrected chi connectivity index (χ0v) is 28.8. The number of nitrogens with zero attached hydrogens (tertiary/aromatic N) is 2. The van der Waals surface area contributed by atoms with E-state index in [2.05, 4.69) is 21.7 Å². The van der Waals surface area contributed by atoms with E-state index in [1.165, 1.54) is 6.20 Å². The molecule has 9 nitrogen and oxygen atoms in total. The molecule has 254 valence electrons. The summed E-state index contributed by atoms with van der Waals surface area (Å²) in [6.45, 7) is 7.01. The molecule has 0 radical (unpaired) electrons. The van der Waals surface area contributed by atoms with Crippen LogP contribution in [0, 0.1) is 18.3 Å². The molecule has 4 N–H and O–H groups in total. The summed E-state index contributed by atoms with van der Waals surface area (Å²) < 4.78 is 18.5. The number of pyridine rings is 1. The van der Waals surface area contributed by atoms with Crippen molar-refractivity contribution in [3.63, 3.8) is 0 Å². The molecular weight excluding hydrogens is 651 g/mol. The standard InChI is InChI=1S/C37H42Cl2N4O5/c1-25(22-45)43-21-30-16-33(38)36(17-35(30)47-23-28-15-27(18-40)19-42-20-28)48-24-29-7-3-9-32(37(29)39)31-8-4-10-34(26(31)2)46-14-6-12-41-11-5-13-44/h3-4,7-10,15-17,19-20,25,41,43-45H,5-6,11-14,21-24H2,1-2H3. The van der Waals surface area contributed by atoms with Crippen LogP contribution in [-0.2, 0) is 19.8 Å². The van der Waals surface area contributed by atoms with Crippen molar-refractivity contribution in [1.29, 1.82) is 5.26 Å². The summed E-state index contributed by atoms with van der Waals surface area (Å²) in [5.74, 6) is 1.77. The van der Waals surface area contributed by atoms with Crippen molar-refractivity contribution in [2.24, 2.45) is 0 Å². The van der Waals surface area contributed by atoms with E-state index >= 15 is 0 Å². The number of rotatable bonds is 19. The van der Waals surface area contributed by atoms with E-state index in [0.29, 0.717) is 40.3 Å². The number of nitriles is 1. The molecule has 1 atom stereocenters. The van der Waals surface area contributed by atoms with Gasteiger partial charge in [0.25, 0.3) is 0 Å². The Morgan fingerprint density at radius 1 is 0.875 bits per heavy atom. The van der Waals surface area contributed by atoms with Gasteiger partial charge in [-0.1, -0.05) is 53.5 Å². The number of halogens is 2. The second-order valence-corrected chi connectivity index (χ2v) is 12.1. The molecule has 0 aliphatic carbocycles. The summed E-state index contributed by atoms with van der Waals surface area (Å²) in [7, 11) is 0. The second kappa shape index (κ2) is 19.2. The average molecular weight is 694 g/mol. The fourth-order valence-corrected chi connectivity index (χ4v) is 5.45. The lowest BCUT2D eigenvalue weighted by molar-refractivity contribution is 0.249. The summed E-state index contributed by atoms with van der Waals surface area (Å²) in [6, 6.07) is 19.0.